The van der Waals surface area contributed by atoms with E-state index in [1.165, 1.54) is 0 Å². The number of nitrogens with two attached hydrogens (primary N) is 1. The highest BCUT2D eigenvalue weighted by Crippen LogP contribution is 2.25. The number of benzene rings is 1. The summed E-state index contributed by atoms with van der Waals surface area (Å²) in [7, 11) is -4.17. The summed E-state index contributed by atoms with van der Waals surface area (Å²) in [6.07, 6.45) is 0.449. The molecule has 1 unspecified atom stereocenters. The molecule has 4 nitrogen and oxygen atoms in total. The van der Waals surface area contributed by atoms with Crippen LogP contribution in [0.5, 0.6) is 0 Å². The number of rotatable bonds is 2. The minimum absolute atomic E-state index is 0. The highest BCUT2D eigenvalue weighted by atomic mass is 35.5. The fourth-order valence-electron chi connectivity index (χ4n) is 1.82. The van der Waals surface area contributed by atoms with E-state index in [1.54, 1.807) is 0 Å². The Hall–Kier alpha value is -0.830. The largest absolute Gasteiger partial charge is 0.326 e. The molecule has 0 bridgehead atoms. The Morgan fingerprint density at radius 2 is 1.84 bits per heavy atom. The molecule has 1 aliphatic heterocycles. The Morgan fingerprint density at radius 3 is 2.37 bits per heavy atom. The van der Waals surface area contributed by atoms with Crippen LogP contribution in [0.4, 0.5) is 13.2 Å². The second-order valence-corrected chi connectivity index (χ2v) is 5.99. The monoisotopic (exact) mass is 316 g/mol. The molecule has 0 saturated carbocycles. The molecule has 19 heavy (non-hydrogen) atoms. The van der Waals surface area contributed by atoms with E-state index < -0.39 is 32.4 Å². The van der Waals surface area contributed by atoms with E-state index in [0.717, 1.165) is 4.31 Å². The summed E-state index contributed by atoms with van der Waals surface area (Å²) in [6, 6.07) is 0.974. The number of sulfonamides is 1. The van der Waals surface area contributed by atoms with Gasteiger partial charge in [0.25, 0.3) is 0 Å². The first-order valence-electron chi connectivity index (χ1n) is 5.23. The summed E-state index contributed by atoms with van der Waals surface area (Å²) in [5.41, 5.74) is 5.56. The quantitative estimate of drug-likeness (QED) is 0.835. The van der Waals surface area contributed by atoms with Crippen LogP contribution in [0.1, 0.15) is 6.42 Å². The van der Waals surface area contributed by atoms with Crippen LogP contribution in [0.3, 0.4) is 0 Å². The van der Waals surface area contributed by atoms with Crippen molar-refractivity contribution in [3.63, 3.8) is 0 Å². The molecule has 1 fully saturated rings. The fraction of sp³-hybridized carbons (Fsp3) is 0.400. The van der Waals surface area contributed by atoms with E-state index in [0.29, 0.717) is 18.6 Å². The van der Waals surface area contributed by atoms with Gasteiger partial charge in [-0.3, -0.25) is 0 Å². The van der Waals surface area contributed by atoms with Crippen molar-refractivity contribution in [1.82, 2.24) is 4.31 Å². The minimum Gasteiger partial charge on any atom is -0.326 e. The van der Waals surface area contributed by atoms with E-state index in [4.69, 9.17) is 5.73 Å². The lowest BCUT2D eigenvalue weighted by Crippen LogP contribution is -2.32. The van der Waals surface area contributed by atoms with Gasteiger partial charge in [-0.25, -0.2) is 21.6 Å². The first kappa shape index (κ1) is 16.2. The maximum Gasteiger partial charge on any atom is 0.246 e. The van der Waals surface area contributed by atoms with Gasteiger partial charge in [-0.05, 0) is 18.6 Å². The van der Waals surface area contributed by atoms with Crippen molar-refractivity contribution in [3.8, 4) is 0 Å². The lowest BCUT2D eigenvalue weighted by atomic mass is 10.3. The molecule has 1 atom stereocenters. The van der Waals surface area contributed by atoms with Crippen molar-refractivity contribution in [2.75, 3.05) is 13.1 Å². The van der Waals surface area contributed by atoms with Gasteiger partial charge in [-0.2, -0.15) is 4.31 Å². The molecule has 1 saturated heterocycles. The van der Waals surface area contributed by atoms with Crippen molar-refractivity contribution in [1.29, 1.82) is 0 Å². The summed E-state index contributed by atoms with van der Waals surface area (Å²) in [5, 5.41) is 0. The molecule has 108 valence electrons. The zero-order chi connectivity index (χ0) is 13.5. The lowest BCUT2D eigenvalue weighted by Gasteiger charge is -2.16. The number of hydrogen-bond donors (Lipinski definition) is 1. The van der Waals surface area contributed by atoms with Crippen molar-refractivity contribution in [2.24, 2.45) is 5.73 Å². The van der Waals surface area contributed by atoms with Gasteiger partial charge in [0.05, 0.1) is 0 Å². The lowest BCUT2D eigenvalue weighted by molar-refractivity contribution is 0.422. The molecule has 0 aliphatic carbocycles. The zero-order valence-electron chi connectivity index (χ0n) is 9.64. The standard InChI is InChI=1S/C10H11F3N2O2S.ClH/c11-7-1-2-8(10(13)9(7)12)18(16,17)15-4-3-6(14)5-15;/h1-2,6H,3-5,14H2;1H. The average Bonchev–Trinajstić information content (AvgIpc) is 2.73. The first-order chi connectivity index (χ1) is 8.34. The number of halogens is 4. The summed E-state index contributed by atoms with van der Waals surface area (Å²) < 4.78 is 64.2. The van der Waals surface area contributed by atoms with E-state index in [-0.39, 0.29) is 31.5 Å². The highest BCUT2D eigenvalue weighted by Gasteiger charge is 2.34. The molecule has 0 amide bonds. The van der Waals surface area contributed by atoms with Crippen molar-refractivity contribution in [3.05, 3.63) is 29.6 Å². The van der Waals surface area contributed by atoms with E-state index in [2.05, 4.69) is 0 Å². The third-order valence-electron chi connectivity index (χ3n) is 2.81. The van der Waals surface area contributed by atoms with Crippen LogP contribution in [0.15, 0.2) is 17.0 Å². The minimum atomic E-state index is -4.17. The third kappa shape index (κ3) is 2.86. The second-order valence-electron chi connectivity index (χ2n) is 4.09. The Kier molecular flexibility index (Phi) is 4.83. The molecule has 0 aromatic heterocycles. The van der Waals surface area contributed by atoms with Crippen LogP contribution in [0.2, 0.25) is 0 Å². The Bertz CT molecular complexity index is 582. The molecule has 0 spiro atoms. The molecular formula is C10H12ClF3N2O2S. The molecule has 2 N–H and O–H groups in total. The molecule has 1 heterocycles. The maximum atomic E-state index is 13.5. The molecular weight excluding hydrogens is 305 g/mol. The van der Waals surface area contributed by atoms with Crippen LogP contribution < -0.4 is 5.73 Å². The highest BCUT2D eigenvalue weighted by molar-refractivity contribution is 7.89. The van der Waals surface area contributed by atoms with Gasteiger partial charge in [0, 0.05) is 19.1 Å². The van der Waals surface area contributed by atoms with Crippen LogP contribution >= 0.6 is 12.4 Å². The van der Waals surface area contributed by atoms with E-state index in [1.807, 2.05) is 0 Å². The van der Waals surface area contributed by atoms with Gasteiger partial charge >= 0.3 is 0 Å². The summed E-state index contributed by atoms with van der Waals surface area (Å²) >= 11 is 0. The van der Waals surface area contributed by atoms with E-state index in [9.17, 15) is 21.6 Å². The topological polar surface area (TPSA) is 63.4 Å². The molecule has 0 radical (unpaired) electrons. The Morgan fingerprint density at radius 1 is 1.21 bits per heavy atom. The molecule has 1 aromatic carbocycles. The predicted octanol–water partition coefficient (Wildman–Crippen LogP) is 1.25. The van der Waals surface area contributed by atoms with Crippen LogP contribution in [-0.2, 0) is 10.0 Å². The van der Waals surface area contributed by atoms with Gasteiger partial charge in [0.1, 0.15) is 4.90 Å². The smallest absolute Gasteiger partial charge is 0.246 e. The Balaban J connectivity index is 0.00000180. The molecule has 9 heteroatoms. The second kappa shape index (κ2) is 5.66. The summed E-state index contributed by atoms with van der Waals surface area (Å²) in [5.74, 6) is -4.92. The van der Waals surface area contributed by atoms with Crippen LogP contribution in [0.25, 0.3) is 0 Å². The van der Waals surface area contributed by atoms with Crippen molar-refractivity contribution >= 4 is 22.4 Å². The molecule has 2 rings (SSSR count). The van der Waals surface area contributed by atoms with Crippen molar-refractivity contribution in [2.45, 2.75) is 17.4 Å². The molecule has 1 aromatic rings. The Labute approximate surface area is 114 Å². The number of hydrogen-bond acceptors (Lipinski definition) is 3. The summed E-state index contributed by atoms with van der Waals surface area (Å²) in [4.78, 5) is -0.865. The van der Waals surface area contributed by atoms with E-state index >= 15 is 0 Å². The van der Waals surface area contributed by atoms with Gasteiger partial charge in [-0.1, -0.05) is 0 Å². The van der Waals surface area contributed by atoms with Gasteiger partial charge < -0.3 is 5.73 Å². The SMILES string of the molecule is Cl.NC1CCN(S(=O)(=O)c2ccc(F)c(F)c2F)C1. The normalized spacial score (nSPS) is 20.3. The maximum absolute atomic E-state index is 13.5. The third-order valence-corrected chi connectivity index (χ3v) is 4.69. The van der Waals surface area contributed by atoms with Gasteiger partial charge in [-0.15, -0.1) is 12.4 Å². The van der Waals surface area contributed by atoms with Crippen LogP contribution in [0, 0.1) is 17.5 Å². The van der Waals surface area contributed by atoms with Crippen molar-refractivity contribution < 1.29 is 21.6 Å². The average molecular weight is 317 g/mol. The van der Waals surface area contributed by atoms with Crippen LogP contribution in [-0.4, -0.2) is 31.9 Å². The molecule has 1 aliphatic rings. The number of nitrogens with zero attached hydrogens (tertiary/aromatic N) is 1. The predicted molar refractivity (Wildman–Crippen MR) is 64.9 cm³/mol. The fourth-order valence-corrected chi connectivity index (χ4v) is 3.39. The zero-order valence-corrected chi connectivity index (χ0v) is 11.3. The van der Waals surface area contributed by atoms with Gasteiger partial charge in [0.2, 0.25) is 10.0 Å². The van der Waals surface area contributed by atoms with Gasteiger partial charge in [0.15, 0.2) is 17.5 Å². The summed E-state index contributed by atoms with van der Waals surface area (Å²) in [6.45, 7) is 0.183. The first-order valence-corrected chi connectivity index (χ1v) is 6.67.